The quantitative estimate of drug-likeness (QED) is 0.781. The van der Waals surface area contributed by atoms with Crippen LogP contribution in [-0.2, 0) is 11.3 Å². The van der Waals surface area contributed by atoms with Gasteiger partial charge in [-0.05, 0) is 19.1 Å². The third kappa shape index (κ3) is 1.83. The molecule has 0 saturated carbocycles. The second-order valence-electron chi connectivity index (χ2n) is 5.21. The minimum atomic E-state index is -0.00792. The average Bonchev–Trinajstić information content (AvgIpc) is 3.09. The zero-order chi connectivity index (χ0) is 14.4. The maximum Gasteiger partial charge on any atom is 0.226 e. The monoisotopic (exact) mass is 281 g/mol. The fourth-order valence-corrected chi connectivity index (χ4v) is 2.90. The van der Waals surface area contributed by atoms with Crippen LogP contribution in [0.1, 0.15) is 30.5 Å². The zero-order valence-electron chi connectivity index (χ0n) is 11.7. The van der Waals surface area contributed by atoms with Crippen LogP contribution in [0.25, 0.3) is 5.65 Å². The normalized spacial score (nSPS) is 17.8. The maximum atomic E-state index is 12.0. The Balaban J connectivity index is 1.89. The molecule has 1 aliphatic rings. The van der Waals surface area contributed by atoms with Crippen LogP contribution in [0, 0.1) is 0 Å². The molecule has 4 rings (SSSR count). The van der Waals surface area contributed by atoms with Crippen LogP contribution in [0.3, 0.4) is 0 Å². The number of aromatic nitrogens is 4. The lowest BCUT2D eigenvalue weighted by Gasteiger charge is -2.21. The van der Waals surface area contributed by atoms with Gasteiger partial charge in [-0.1, -0.05) is 6.07 Å². The first kappa shape index (κ1) is 12.1. The highest BCUT2D eigenvalue weighted by atomic mass is 16.1. The van der Waals surface area contributed by atoms with Gasteiger partial charge in [0, 0.05) is 43.0 Å². The highest BCUT2D eigenvalue weighted by Gasteiger charge is 2.31. The minimum absolute atomic E-state index is 0.000246. The Kier molecular flexibility index (Phi) is 2.57. The van der Waals surface area contributed by atoms with Crippen molar-refractivity contribution in [2.24, 2.45) is 0 Å². The SMILES string of the molecule is CCn1cc2c(n1)NC(=O)CC2c1cnc2ccccn12. The van der Waals surface area contributed by atoms with Gasteiger partial charge in [-0.3, -0.25) is 9.48 Å². The molecule has 106 valence electrons. The number of fused-ring (bicyclic) bond motifs is 2. The van der Waals surface area contributed by atoms with Crippen molar-refractivity contribution in [2.75, 3.05) is 5.32 Å². The standard InChI is InChI=1S/C15H15N5O/c1-2-19-9-11-10(7-14(21)17-15(11)18-19)12-8-16-13-5-3-4-6-20(12)13/h3-6,8-10H,2,7H2,1H3,(H,17,18,21). The van der Waals surface area contributed by atoms with Gasteiger partial charge in [-0.15, -0.1) is 0 Å². The summed E-state index contributed by atoms with van der Waals surface area (Å²) in [5, 5.41) is 7.27. The molecule has 3 aromatic rings. The Morgan fingerprint density at radius 3 is 3.19 bits per heavy atom. The molecule has 0 bridgehead atoms. The molecule has 6 heteroatoms. The molecule has 6 nitrogen and oxygen atoms in total. The van der Waals surface area contributed by atoms with E-state index in [0.29, 0.717) is 12.2 Å². The van der Waals surface area contributed by atoms with Gasteiger partial charge in [0.15, 0.2) is 5.82 Å². The third-order valence-electron chi connectivity index (χ3n) is 3.94. The van der Waals surface area contributed by atoms with Crippen LogP contribution in [0.5, 0.6) is 0 Å². The first-order valence-corrected chi connectivity index (χ1v) is 7.05. The summed E-state index contributed by atoms with van der Waals surface area (Å²) in [6.07, 6.45) is 6.27. The number of carbonyl (C=O) groups excluding carboxylic acids is 1. The van der Waals surface area contributed by atoms with E-state index in [-0.39, 0.29) is 11.8 Å². The first-order valence-electron chi connectivity index (χ1n) is 7.05. The molecule has 0 aromatic carbocycles. The van der Waals surface area contributed by atoms with Gasteiger partial charge in [0.1, 0.15) is 5.65 Å². The number of carbonyl (C=O) groups is 1. The van der Waals surface area contributed by atoms with E-state index >= 15 is 0 Å². The van der Waals surface area contributed by atoms with Crippen LogP contribution in [-0.4, -0.2) is 25.1 Å². The molecule has 1 atom stereocenters. The molecule has 21 heavy (non-hydrogen) atoms. The highest BCUT2D eigenvalue weighted by Crippen LogP contribution is 2.36. The molecular weight excluding hydrogens is 266 g/mol. The van der Waals surface area contributed by atoms with Crippen LogP contribution < -0.4 is 5.32 Å². The summed E-state index contributed by atoms with van der Waals surface area (Å²) in [5.74, 6) is 0.662. The topological polar surface area (TPSA) is 64.2 Å². The van der Waals surface area contributed by atoms with Gasteiger partial charge in [-0.2, -0.15) is 5.10 Å². The van der Waals surface area contributed by atoms with Crippen molar-refractivity contribution in [1.29, 1.82) is 0 Å². The molecule has 0 radical (unpaired) electrons. The zero-order valence-corrected chi connectivity index (χ0v) is 11.7. The molecule has 1 amide bonds. The number of imidazole rings is 1. The van der Waals surface area contributed by atoms with E-state index in [9.17, 15) is 4.79 Å². The van der Waals surface area contributed by atoms with E-state index in [2.05, 4.69) is 15.4 Å². The van der Waals surface area contributed by atoms with Crippen LogP contribution >= 0.6 is 0 Å². The van der Waals surface area contributed by atoms with E-state index in [4.69, 9.17) is 0 Å². The van der Waals surface area contributed by atoms with Crippen molar-refractivity contribution in [2.45, 2.75) is 25.8 Å². The average molecular weight is 281 g/mol. The van der Waals surface area contributed by atoms with Gasteiger partial charge in [0.05, 0.1) is 5.69 Å². The van der Waals surface area contributed by atoms with Gasteiger partial charge < -0.3 is 9.72 Å². The van der Waals surface area contributed by atoms with E-state index < -0.39 is 0 Å². The summed E-state index contributed by atoms with van der Waals surface area (Å²) >= 11 is 0. The number of pyridine rings is 1. The first-order chi connectivity index (χ1) is 10.3. The van der Waals surface area contributed by atoms with Crippen molar-refractivity contribution in [3.63, 3.8) is 0 Å². The Hall–Kier alpha value is -2.63. The predicted molar refractivity (Wildman–Crippen MR) is 78.2 cm³/mol. The number of aryl methyl sites for hydroxylation is 1. The molecule has 3 aromatic heterocycles. The molecule has 0 aliphatic carbocycles. The number of hydrogen-bond acceptors (Lipinski definition) is 3. The van der Waals surface area contributed by atoms with Crippen molar-refractivity contribution < 1.29 is 4.79 Å². The van der Waals surface area contributed by atoms with Gasteiger partial charge in [0.25, 0.3) is 0 Å². The molecule has 4 heterocycles. The number of anilines is 1. The molecule has 0 fully saturated rings. The van der Waals surface area contributed by atoms with Crippen LogP contribution in [0.15, 0.2) is 36.8 Å². The molecule has 0 spiro atoms. The lowest BCUT2D eigenvalue weighted by Crippen LogP contribution is -2.23. The summed E-state index contributed by atoms with van der Waals surface area (Å²) in [6, 6.07) is 5.89. The Labute approximate surface area is 121 Å². The van der Waals surface area contributed by atoms with Gasteiger partial charge >= 0.3 is 0 Å². The number of nitrogens with zero attached hydrogens (tertiary/aromatic N) is 4. The Bertz CT molecular complexity index is 832. The summed E-state index contributed by atoms with van der Waals surface area (Å²) < 4.78 is 3.89. The number of amides is 1. The van der Waals surface area contributed by atoms with Gasteiger partial charge in [0.2, 0.25) is 5.91 Å². The molecular formula is C15H15N5O. The predicted octanol–water partition coefficient (Wildman–Crippen LogP) is 2.02. The lowest BCUT2D eigenvalue weighted by molar-refractivity contribution is -0.116. The highest BCUT2D eigenvalue weighted by molar-refractivity contribution is 5.94. The largest absolute Gasteiger partial charge is 0.309 e. The fourth-order valence-electron chi connectivity index (χ4n) is 2.90. The van der Waals surface area contributed by atoms with E-state index in [1.807, 2.05) is 52.8 Å². The van der Waals surface area contributed by atoms with Crippen molar-refractivity contribution in [1.82, 2.24) is 19.2 Å². The minimum Gasteiger partial charge on any atom is -0.309 e. The fraction of sp³-hybridized carbons (Fsp3) is 0.267. The lowest BCUT2D eigenvalue weighted by atomic mass is 9.91. The van der Waals surface area contributed by atoms with Gasteiger partial charge in [-0.25, -0.2) is 4.98 Å². The third-order valence-corrected chi connectivity index (χ3v) is 3.94. The Morgan fingerprint density at radius 2 is 2.33 bits per heavy atom. The number of rotatable bonds is 2. The molecule has 0 saturated heterocycles. The second kappa shape index (κ2) is 4.44. The number of nitrogens with one attached hydrogen (secondary N) is 1. The second-order valence-corrected chi connectivity index (χ2v) is 5.21. The smallest absolute Gasteiger partial charge is 0.226 e. The van der Waals surface area contributed by atoms with Crippen molar-refractivity contribution in [3.8, 4) is 0 Å². The Morgan fingerprint density at radius 1 is 1.43 bits per heavy atom. The molecule has 1 unspecified atom stereocenters. The molecule has 1 aliphatic heterocycles. The van der Waals surface area contributed by atoms with Crippen molar-refractivity contribution in [3.05, 3.63) is 48.0 Å². The van der Waals surface area contributed by atoms with E-state index in [1.54, 1.807) is 0 Å². The van der Waals surface area contributed by atoms with E-state index in [1.165, 1.54) is 0 Å². The summed E-state index contributed by atoms with van der Waals surface area (Å²) in [6.45, 7) is 2.81. The maximum absolute atomic E-state index is 12.0. The van der Waals surface area contributed by atoms with Crippen LogP contribution in [0.4, 0.5) is 5.82 Å². The van der Waals surface area contributed by atoms with E-state index in [0.717, 1.165) is 23.4 Å². The van der Waals surface area contributed by atoms with Crippen LogP contribution in [0.2, 0.25) is 0 Å². The van der Waals surface area contributed by atoms with Crippen molar-refractivity contribution >= 4 is 17.4 Å². The number of hydrogen-bond donors (Lipinski definition) is 1. The summed E-state index contributed by atoms with van der Waals surface area (Å²) in [7, 11) is 0. The summed E-state index contributed by atoms with van der Waals surface area (Å²) in [4.78, 5) is 16.4. The summed E-state index contributed by atoms with van der Waals surface area (Å²) in [5.41, 5.74) is 2.97. The molecule has 1 N–H and O–H groups in total.